The smallest absolute Gasteiger partial charge is 0.265 e. The average Bonchev–Trinajstić information content (AvgIpc) is 3.39. The Morgan fingerprint density at radius 3 is 2.55 bits per heavy atom. The summed E-state index contributed by atoms with van der Waals surface area (Å²) in [6.45, 7) is 4.64. The molecule has 150 valence electrons. The Kier molecular flexibility index (Phi) is 5.89. The highest BCUT2D eigenvalue weighted by molar-refractivity contribution is 7.18. The van der Waals surface area contributed by atoms with Gasteiger partial charge in [-0.25, -0.2) is 4.98 Å². The Morgan fingerprint density at radius 1 is 1.07 bits per heavy atom. The molecule has 0 radical (unpaired) electrons. The number of nitrogens with zero attached hydrogens (tertiary/aromatic N) is 2. The van der Waals surface area contributed by atoms with E-state index in [9.17, 15) is 9.59 Å². The van der Waals surface area contributed by atoms with Crippen molar-refractivity contribution in [1.29, 1.82) is 0 Å². The average molecular weight is 429 g/mol. The molecule has 0 spiro atoms. The molecule has 2 aromatic heterocycles. The van der Waals surface area contributed by atoms with Crippen LogP contribution in [0.15, 0.2) is 41.8 Å². The summed E-state index contributed by atoms with van der Waals surface area (Å²) in [6.07, 6.45) is 0. The van der Waals surface area contributed by atoms with Crippen molar-refractivity contribution in [2.24, 2.45) is 0 Å². The van der Waals surface area contributed by atoms with Crippen LogP contribution in [0.2, 0.25) is 0 Å². The first-order valence-electron chi connectivity index (χ1n) is 9.16. The number of hydrogen-bond acceptors (Lipinski definition) is 7. The molecule has 0 aliphatic carbocycles. The fourth-order valence-electron chi connectivity index (χ4n) is 2.91. The number of carbonyl (C=O) groups is 2. The standard InChI is InChI=1S/C20H20N4O3S2/c1-13(25)21-18-7-6-17(29-18)19(26)22-15-4-2-14(3-5-15)16-12-28-20(23-16)24-8-10-27-11-9-24/h2-7,12H,8-11H2,1H3,(H,21,25)(H,22,26). The minimum absolute atomic E-state index is 0.159. The number of nitrogens with one attached hydrogen (secondary N) is 2. The van der Waals surface area contributed by atoms with E-state index in [0.29, 0.717) is 15.6 Å². The first-order chi connectivity index (χ1) is 14.1. The van der Waals surface area contributed by atoms with Gasteiger partial charge in [0.25, 0.3) is 5.91 Å². The number of amides is 2. The Bertz CT molecular complexity index is 1010. The number of aromatic nitrogens is 1. The fourth-order valence-corrected chi connectivity index (χ4v) is 4.65. The molecule has 1 aliphatic rings. The number of morpholine rings is 1. The number of benzene rings is 1. The predicted octanol–water partition coefficient (Wildman–Crippen LogP) is 3.92. The van der Waals surface area contributed by atoms with E-state index in [1.807, 2.05) is 29.6 Å². The lowest BCUT2D eigenvalue weighted by Crippen LogP contribution is -2.36. The first kappa shape index (κ1) is 19.6. The maximum absolute atomic E-state index is 12.4. The van der Waals surface area contributed by atoms with Crippen LogP contribution in [0.1, 0.15) is 16.6 Å². The predicted molar refractivity (Wildman–Crippen MR) is 117 cm³/mol. The number of rotatable bonds is 5. The molecule has 1 aromatic carbocycles. The van der Waals surface area contributed by atoms with Crippen LogP contribution in [0.25, 0.3) is 11.3 Å². The third-order valence-corrected chi connectivity index (χ3v) is 6.24. The molecule has 0 atom stereocenters. The molecular weight excluding hydrogens is 408 g/mol. The van der Waals surface area contributed by atoms with Gasteiger partial charge < -0.3 is 20.3 Å². The van der Waals surface area contributed by atoms with Gasteiger partial charge in [0.1, 0.15) is 0 Å². The van der Waals surface area contributed by atoms with Crippen LogP contribution in [0.5, 0.6) is 0 Å². The van der Waals surface area contributed by atoms with E-state index in [4.69, 9.17) is 9.72 Å². The van der Waals surface area contributed by atoms with E-state index in [0.717, 1.165) is 42.7 Å². The van der Waals surface area contributed by atoms with Crippen LogP contribution in [0, 0.1) is 0 Å². The van der Waals surface area contributed by atoms with Crippen molar-refractivity contribution in [3.63, 3.8) is 0 Å². The lowest BCUT2D eigenvalue weighted by atomic mass is 10.1. The molecule has 1 saturated heterocycles. The minimum Gasteiger partial charge on any atom is -0.378 e. The van der Waals surface area contributed by atoms with Gasteiger partial charge in [0.15, 0.2) is 5.13 Å². The third-order valence-electron chi connectivity index (χ3n) is 4.34. The summed E-state index contributed by atoms with van der Waals surface area (Å²) >= 11 is 2.87. The summed E-state index contributed by atoms with van der Waals surface area (Å²) in [4.78, 5) is 31.0. The minimum atomic E-state index is -0.206. The van der Waals surface area contributed by atoms with Gasteiger partial charge in [-0.2, -0.15) is 0 Å². The Morgan fingerprint density at radius 2 is 1.83 bits per heavy atom. The van der Waals surface area contributed by atoms with E-state index in [1.165, 1.54) is 18.3 Å². The molecule has 1 fully saturated rings. The second-order valence-electron chi connectivity index (χ2n) is 6.49. The number of thiazole rings is 1. The van der Waals surface area contributed by atoms with Gasteiger partial charge in [-0.05, 0) is 24.3 Å². The summed E-state index contributed by atoms with van der Waals surface area (Å²) in [5, 5.41) is 9.27. The van der Waals surface area contributed by atoms with Crippen molar-refractivity contribution in [2.45, 2.75) is 6.92 Å². The second-order valence-corrected chi connectivity index (χ2v) is 8.41. The molecule has 0 bridgehead atoms. The zero-order chi connectivity index (χ0) is 20.2. The monoisotopic (exact) mass is 428 g/mol. The highest BCUT2D eigenvalue weighted by atomic mass is 32.1. The van der Waals surface area contributed by atoms with Gasteiger partial charge in [0.05, 0.1) is 28.8 Å². The van der Waals surface area contributed by atoms with Crippen molar-refractivity contribution in [3.8, 4) is 11.3 Å². The lowest BCUT2D eigenvalue weighted by molar-refractivity contribution is -0.114. The summed E-state index contributed by atoms with van der Waals surface area (Å²) in [6, 6.07) is 11.0. The normalized spacial score (nSPS) is 13.9. The maximum Gasteiger partial charge on any atom is 0.265 e. The molecule has 2 amide bonds. The number of carbonyl (C=O) groups excluding carboxylic acids is 2. The van der Waals surface area contributed by atoms with Gasteiger partial charge >= 0.3 is 0 Å². The van der Waals surface area contributed by atoms with E-state index in [1.54, 1.807) is 23.5 Å². The van der Waals surface area contributed by atoms with E-state index >= 15 is 0 Å². The molecule has 3 heterocycles. The molecule has 1 aliphatic heterocycles. The van der Waals surface area contributed by atoms with Crippen LogP contribution in [-0.2, 0) is 9.53 Å². The van der Waals surface area contributed by atoms with E-state index < -0.39 is 0 Å². The zero-order valence-corrected chi connectivity index (χ0v) is 17.4. The van der Waals surface area contributed by atoms with Crippen molar-refractivity contribution in [3.05, 3.63) is 46.7 Å². The molecular formula is C20H20N4O3S2. The SMILES string of the molecule is CC(=O)Nc1ccc(C(=O)Nc2ccc(-c3csc(N4CCOCC4)n3)cc2)s1. The van der Waals surface area contributed by atoms with Crippen molar-refractivity contribution in [2.75, 3.05) is 41.8 Å². The third kappa shape index (κ3) is 4.81. The Hall–Kier alpha value is -2.75. The van der Waals surface area contributed by atoms with Crippen LogP contribution < -0.4 is 15.5 Å². The molecule has 7 nitrogen and oxygen atoms in total. The van der Waals surface area contributed by atoms with Crippen LogP contribution in [0.3, 0.4) is 0 Å². The maximum atomic E-state index is 12.4. The van der Waals surface area contributed by atoms with Crippen molar-refractivity contribution < 1.29 is 14.3 Å². The summed E-state index contributed by atoms with van der Waals surface area (Å²) in [5.41, 5.74) is 2.63. The van der Waals surface area contributed by atoms with Gasteiger partial charge in [-0.15, -0.1) is 22.7 Å². The van der Waals surface area contributed by atoms with Gasteiger partial charge in [0, 0.05) is 36.6 Å². The first-order valence-corrected chi connectivity index (χ1v) is 10.9. The zero-order valence-electron chi connectivity index (χ0n) is 15.8. The number of ether oxygens (including phenoxy) is 1. The number of hydrogen-bond donors (Lipinski definition) is 2. The summed E-state index contributed by atoms with van der Waals surface area (Å²) in [5.74, 6) is -0.365. The quantitative estimate of drug-likeness (QED) is 0.644. The highest BCUT2D eigenvalue weighted by Gasteiger charge is 2.15. The van der Waals surface area contributed by atoms with E-state index in [2.05, 4.69) is 15.5 Å². The topological polar surface area (TPSA) is 83.6 Å². The number of thiophene rings is 1. The molecule has 4 rings (SSSR count). The van der Waals surface area contributed by atoms with Crippen LogP contribution in [0.4, 0.5) is 15.8 Å². The van der Waals surface area contributed by atoms with Crippen molar-refractivity contribution >= 4 is 50.3 Å². The van der Waals surface area contributed by atoms with Gasteiger partial charge in [-0.1, -0.05) is 12.1 Å². The highest BCUT2D eigenvalue weighted by Crippen LogP contribution is 2.29. The lowest BCUT2D eigenvalue weighted by Gasteiger charge is -2.26. The molecule has 29 heavy (non-hydrogen) atoms. The van der Waals surface area contributed by atoms with Crippen LogP contribution in [-0.4, -0.2) is 43.1 Å². The molecule has 0 unspecified atom stereocenters. The van der Waals surface area contributed by atoms with Crippen LogP contribution >= 0.6 is 22.7 Å². The fraction of sp³-hybridized carbons (Fsp3) is 0.250. The summed E-state index contributed by atoms with van der Waals surface area (Å²) < 4.78 is 5.39. The number of anilines is 3. The molecule has 2 N–H and O–H groups in total. The second kappa shape index (κ2) is 8.73. The summed E-state index contributed by atoms with van der Waals surface area (Å²) in [7, 11) is 0. The van der Waals surface area contributed by atoms with E-state index in [-0.39, 0.29) is 11.8 Å². The Labute approximate surface area is 176 Å². The molecule has 3 aromatic rings. The molecule has 0 saturated carbocycles. The van der Waals surface area contributed by atoms with Gasteiger partial charge in [-0.3, -0.25) is 9.59 Å². The largest absolute Gasteiger partial charge is 0.378 e. The van der Waals surface area contributed by atoms with Gasteiger partial charge in [0.2, 0.25) is 5.91 Å². The molecule has 9 heteroatoms. The Balaban J connectivity index is 1.40. The van der Waals surface area contributed by atoms with Crippen molar-refractivity contribution in [1.82, 2.24) is 4.98 Å².